The maximum Gasteiger partial charge on any atom is 0.266 e. The number of halogens is 2. The molecule has 1 aliphatic rings. The first kappa shape index (κ1) is 21.7. The van der Waals surface area contributed by atoms with Crippen LogP contribution < -0.4 is 4.74 Å². The highest BCUT2D eigenvalue weighted by Crippen LogP contribution is 2.39. The molecule has 1 amide bonds. The first-order valence-electron chi connectivity index (χ1n) is 10.1. The van der Waals surface area contributed by atoms with Gasteiger partial charge in [-0.25, -0.2) is 9.37 Å². The summed E-state index contributed by atoms with van der Waals surface area (Å²) in [6.07, 6.45) is 0.117. The smallest absolute Gasteiger partial charge is 0.266 e. The van der Waals surface area contributed by atoms with E-state index in [1.54, 1.807) is 10.4 Å². The maximum atomic E-state index is 13.3. The van der Waals surface area contributed by atoms with Crippen LogP contribution in [0.3, 0.4) is 0 Å². The average molecular weight is 460 g/mol. The third-order valence-electron chi connectivity index (χ3n) is 5.29. The van der Waals surface area contributed by atoms with E-state index < -0.39 is 11.9 Å². The fourth-order valence-electron chi connectivity index (χ4n) is 3.76. The molecule has 0 aliphatic carbocycles. The Morgan fingerprint density at radius 2 is 2.06 bits per heavy atom. The molecule has 0 spiro atoms. The van der Waals surface area contributed by atoms with Crippen LogP contribution in [-0.2, 0) is 11.3 Å². The summed E-state index contributed by atoms with van der Waals surface area (Å²) in [6.45, 7) is 2.33. The Hall–Kier alpha value is -2.48. The zero-order chi connectivity index (χ0) is 21.8. The molecule has 0 bridgehead atoms. The molecule has 2 heterocycles. The van der Waals surface area contributed by atoms with Gasteiger partial charge in [-0.3, -0.25) is 4.79 Å². The van der Waals surface area contributed by atoms with Crippen LogP contribution in [0.2, 0.25) is 5.02 Å². The largest absolute Gasteiger partial charge is 0.476 e. The second kappa shape index (κ2) is 9.77. The van der Waals surface area contributed by atoms with Crippen molar-refractivity contribution in [3.8, 4) is 5.75 Å². The van der Waals surface area contributed by atoms with Crippen LogP contribution in [0.25, 0.3) is 0 Å². The highest BCUT2D eigenvalue weighted by atomic mass is 35.5. The number of amides is 1. The monoisotopic (exact) mass is 459 g/mol. The highest BCUT2D eigenvalue weighted by Gasteiger charge is 2.51. The van der Waals surface area contributed by atoms with E-state index in [0.29, 0.717) is 12.3 Å². The molecular formula is C23H23ClFN3O2S. The molecule has 2 atom stereocenters. The number of benzene rings is 2. The van der Waals surface area contributed by atoms with Gasteiger partial charge in [-0.1, -0.05) is 41.9 Å². The van der Waals surface area contributed by atoms with Crippen LogP contribution in [0.5, 0.6) is 5.75 Å². The molecule has 4 rings (SSSR count). The van der Waals surface area contributed by atoms with Crippen molar-refractivity contribution in [1.29, 1.82) is 0 Å². The Kier molecular flexibility index (Phi) is 6.85. The average Bonchev–Trinajstić information content (AvgIpc) is 3.27. The van der Waals surface area contributed by atoms with Crippen molar-refractivity contribution in [2.75, 3.05) is 20.1 Å². The van der Waals surface area contributed by atoms with Crippen molar-refractivity contribution in [2.45, 2.75) is 25.1 Å². The minimum absolute atomic E-state index is 0.107. The fourth-order valence-corrected chi connectivity index (χ4v) is 4.55. The van der Waals surface area contributed by atoms with Gasteiger partial charge >= 0.3 is 0 Å². The summed E-state index contributed by atoms with van der Waals surface area (Å²) in [5.41, 5.74) is 3.80. The molecule has 1 saturated heterocycles. The highest BCUT2D eigenvalue weighted by molar-refractivity contribution is 7.07. The maximum absolute atomic E-state index is 13.3. The van der Waals surface area contributed by atoms with Crippen LogP contribution in [0.1, 0.15) is 23.7 Å². The molecule has 2 aromatic carbocycles. The summed E-state index contributed by atoms with van der Waals surface area (Å²) < 4.78 is 19.2. The molecule has 1 aliphatic heterocycles. The Balaban J connectivity index is 1.37. The first-order chi connectivity index (χ1) is 15.0. The van der Waals surface area contributed by atoms with Crippen molar-refractivity contribution in [3.05, 3.63) is 81.5 Å². The van der Waals surface area contributed by atoms with Gasteiger partial charge in [0, 0.05) is 18.5 Å². The normalized spacial score (nSPS) is 18.3. The van der Waals surface area contributed by atoms with Crippen LogP contribution in [0.15, 0.2) is 59.4 Å². The fraction of sp³-hybridized carbons (Fsp3) is 0.304. The Bertz CT molecular complexity index is 1020. The summed E-state index contributed by atoms with van der Waals surface area (Å²) in [6, 6.07) is 13.9. The standard InChI is InChI=1S/C23H23ClFN3O2S/c1-27(13-16-6-3-2-4-7-16)10-5-11-28-21(19-14-31-15-26-19)22(23(28)29)30-20-9-8-17(25)12-18(20)24/h2-4,6-9,12,14-15,21-22H,5,10-11,13H2,1H3. The topological polar surface area (TPSA) is 45.7 Å². The molecular weight excluding hydrogens is 437 g/mol. The van der Waals surface area contributed by atoms with Gasteiger partial charge in [-0.2, -0.15) is 0 Å². The molecule has 5 nitrogen and oxygen atoms in total. The lowest BCUT2D eigenvalue weighted by atomic mass is 9.94. The zero-order valence-corrected chi connectivity index (χ0v) is 18.7. The van der Waals surface area contributed by atoms with Crippen LogP contribution >= 0.6 is 22.9 Å². The van der Waals surface area contributed by atoms with Crippen molar-refractivity contribution in [3.63, 3.8) is 0 Å². The molecule has 162 valence electrons. The predicted octanol–water partition coefficient (Wildman–Crippen LogP) is 4.79. The number of thiazole rings is 1. The number of hydrogen-bond acceptors (Lipinski definition) is 5. The van der Waals surface area contributed by atoms with E-state index in [1.165, 1.54) is 35.1 Å². The van der Waals surface area contributed by atoms with Crippen molar-refractivity contribution in [2.24, 2.45) is 0 Å². The molecule has 0 radical (unpaired) electrons. The summed E-state index contributed by atoms with van der Waals surface area (Å²) in [7, 11) is 2.07. The number of likely N-dealkylation sites (tertiary alicyclic amines) is 1. The van der Waals surface area contributed by atoms with Crippen molar-refractivity contribution < 1.29 is 13.9 Å². The molecule has 31 heavy (non-hydrogen) atoms. The van der Waals surface area contributed by atoms with Crippen molar-refractivity contribution in [1.82, 2.24) is 14.8 Å². The molecule has 3 aromatic rings. The lowest BCUT2D eigenvalue weighted by Gasteiger charge is -2.46. The number of hydrogen-bond donors (Lipinski definition) is 0. The van der Waals surface area contributed by atoms with Gasteiger partial charge in [0.1, 0.15) is 17.6 Å². The molecule has 2 unspecified atom stereocenters. The van der Waals surface area contributed by atoms with Gasteiger partial charge in [0.05, 0.1) is 16.2 Å². The lowest BCUT2D eigenvalue weighted by Crippen LogP contribution is -2.61. The third kappa shape index (κ3) is 5.06. The number of aromatic nitrogens is 1. The number of carbonyl (C=O) groups excluding carboxylic acids is 1. The summed E-state index contributed by atoms with van der Waals surface area (Å²) in [5, 5.41) is 2.07. The zero-order valence-electron chi connectivity index (χ0n) is 17.1. The Morgan fingerprint density at radius 3 is 2.77 bits per heavy atom. The van der Waals surface area contributed by atoms with E-state index in [1.807, 2.05) is 23.6 Å². The third-order valence-corrected chi connectivity index (χ3v) is 6.19. The van der Waals surface area contributed by atoms with Crippen LogP contribution in [-0.4, -0.2) is 46.9 Å². The van der Waals surface area contributed by atoms with E-state index in [4.69, 9.17) is 16.3 Å². The van der Waals surface area contributed by atoms with Crippen LogP contribution in [0, 0.1) is 5.82 Å². The lowest BCUT2D eigenvalue weighted by molar-refractivity contribution is -0.164. The Morgan fingerprint density at radius 1 is 1.26 bits per heavy atom. The number of carbonyl (C=O) groups is 1. The SMILES string of the molecule is CN(CCCN1C(=O)C(Oc2ccc(F)cc2Cl)C1c1cscn1)Cc1ccccc1. The van der Waals surface area contributed by atoms with Gasteiger partial charge in [-0.15, -0.1) is 11.3 Å². The van der Waals surface area contributed by atoms with E-state index >= 15 is 0 Å². The summed E-state index contributed by atoms with van der Waals surface area (Å²) in [4.78, 5) is 21.3. The van der Waals surface area contributed by atoms with Gasteiger partial charge in [0.2, 0.25) is 6.10 Å². The first-order valence-corrected chi connectivity index (χ1v) is 11.4. The molecule has 0 saturated carbocycles. The summed E-state index contributed by atoms with van der Waals surface area (Å²) in [5.74, 6) is -0.261. The molecule has 1 fully saturated rings. The Labute approximate surface area is 190 Å². The second-order valence-electron chi connectivity index (χ2n) is 7.58. The molecule has 8 heteroatoms. The van der Waals surface area contributed by atoms with E-state index in [2.05, 4.69) is 29.1 Å². The van der Waals surface area contributed by atoms with E-state index in [0.717, 1.165) is 25.2 Å². The predicted molar refractivity (Wildman–Crippen MR) is 120 cm³/mol. The van der Waals surface area contributed by atoms with E-state index in [-0.39, 0.29) is 17.0 Å². The summed E-state index contributed by atoms with van der Waals surface area (Å²) >= 11 is 7.56. The van der Waals surface area contributed by atoms with Gasteiger partial charge < -0.3 is 14.5 Å². The second-order valence-corrected chi connectivity index (χ2v) is 8.71. The minimum Gasteiger partial charge on any atom is -0.476 e. The van der Waals surface area contributed by atoms with Gasteiger partial charge in [-0.05, 0) is 43.8 Å². The minimum atomic E-state index is -0.716. The van der Waals surface area contributed by atoms with E-state index in [9.17, 15) is 9.18 Å². The van der Waals surface area contributed by atoms with Crippen molar-refractivity contribution >= 4 is 28.8 Å². The van der Waals surface area contributed by atoms with Gasteiger partial charge in [0.25, 0.3) is 5.91 Å². The number of ether oxygens (including phenoxy) is 1. The molecule has 1 aromatic heterocycles. The van der Waals surface area contributed by atoms with Gasteiger partial charge in [0.15, 0.2) is 0 Å². The number of rotatable bonds is 9. The molecule has 0 N–H and O–H groups in total. The number of β-lactam (4-membered cyclic amide) rings is 1. The quantitative estimate of drug-likeness (QED) is 0.432. The number of nitrogens with zero attached hydrogens (tertiary/aromatic N) is 3. The van der Waals surface area contributed by atoms with Crippen LogP contribution in [0.4, 0.5) is 4.39 Å².